The van der Waals surface area contributed by atoms with Gasteiger partial charge in [-0.15, -0.1) is 0 Å². The molecule has 122 valence electrons. The SMILES string of the molecule is CCC1(C(F)F)C[C@H]2CCC(c3cc(F)cc(C#N)c3)N2C1=O. The molecule has 1 amide bonds. The van der Waals surface area contributed by atoms with Crippen molar-refractivity contribution in [1.82, 2.24) is 4.90 Å². The van der Waals surface area contributed by atoms with Crippen molar-refractivity contribution in [1.29, 1.82) is 5.26 Å². The van der Waals surface area contributed by atoms with Crippen molar-refractivity contribution in [2.45, 2.75) is 51.1 Å². The molecular weight excluding hydrogens is 305 g/mol. The van der Waals surface area contributed by atoms with Gasteiger partial charge in [0, 0.05) is 6.04 Å². The number of nitriles is 1. The molecule has 2 aliphatic rings. The molecule has 2 heterocycles. The number of nitrogens with zero attached hydrogens (tertiary/aromatic N) is 2. The number of fused-ring (bicyclic) bond motifs is 1. The third-order valence-corrected chi connectivity index (χ3v) is 5.25. The Labute approximate surface area is 132 Å². The van der Waals surface area contributed by atoms with Gasteiger partial charge in [-0.1, -0.05) is 6.92 Å². The van der Waals surface area contributed by atoms with Gasteiger partial charge in [-0.25, -0.2) is 13.2 Å². The predicted molar refractivity (Wildman–Crippen MR) is 77.1 cm³/mol. The van der Waals surface area contributed by atoms with Gasteiger partial charge in [0.25, 0.3) is 6.43 Å². The minimum Gasteiger partial charge on any atom is -0.332 e. The molecule has 3 nitrogen and oxygen atoms in total. The smallest absolute Gasteiger partial charge is 0.252 e. The second kappa shape index (κ2) is 5.55. The number of rotatable bonds is 3. The fourth-order valence-electron chi connectivity index (χ4n) is 3.98. The van der Waals surface area contributed by atoms with Gasteiger partial charge >= 0.3 is 0 Å². The Hall–Kier alpha value is -2.03. The van der Waals surface area contributed by atoms with Crippen molar-refractivity contribution in [2.24, 2.45) is 5.41 Å². The summed E-state index contributed by atoms with van der Waals surface area (Å²) in [5.74, 6) is -1.09. The molecule has 1 aromatic rings. The summed E-state index contributed by atoms with van der Waals surface area (Å²) in [5.41, 5.74) is -0.932. The highest BCUT2D eigenvalue weighted by Gasteiger charge is 2.59. The number of alkyl halides is 2. The van der Waals surface area contributed by atoms with E-state index >= 15 is 0 Å². The van der Waals surface area contributed by atoms with Gasteiger partial charge in [0.15, 0.2) is 0 Å². The Morgan fingerprint density at radius 3 is 2.74 bits per heavy atom. The highest BCUT2D eigenvalue weighted by molar-refractivity contribution is 5.86. The minimum absolute atomic E-state index is 0.0931. The van der Waals surface area contributed by atoms with Crippen LogP contribution in [0.5, 0.6) is 0 Å². The van der Waals surface area contributed by atoms with Crippen molar-refractivity contribution < 1.29 is 18.0 Å². The molecule has 0 radical (unpaired) electrons. The molecule has 0 spiro atoms. The molecule has 3 atom stereocenters. The quantitative estimate of drug-likeness (QED) is 0.850. The van der Waals surface area contributed by atoms with E-state index in [9.17, 15) is 18.0 Å². The average molecular weight is 322 g/mol. The Bertz CT molecular complexity index is 685. The summed E-state index contributed by atoms with van der Waals surface area (Å²) in [7, 11) is 0. The fourth-order valence-corrected chi connectivity index (χ4v) is 3.98. The highest BCUT2D eigenvalue weighted by Crippen LogP contribution is 2.52. The summed E-state index contributed by atoms with van der Waals surface area (Å²) < 4.78 is 40.7. The van der Waals surface area contributed by atoms with Crippen LogP contribution in [0.25, 0.3) is 0 Å². The lowest BCUT2D eigenvalue weighted by Crippen LogP contribution is -2.40. The van der Waals surface area contributed by atoms with E-state index in [4.69, 9.17) is 5.26 Å². The topological polar surface area (TPSA) is 44.1 Å². The molecular formula is C17H17F3N2O. The lowest BCUT2D eigenvalue weighted by Gasteiger charge is -2.29. The maximum atomic E-state index is 13.7. The van der Waals surface area contributed by atoms with Crippen LogP contribution in [0, 0.1) is 22.6 Å². The van der Waals surface area contributed by atoms with Crippen LogP contribution >= 0.6 is 0 Å². The van der Waals surface area contributed by atoms with Crippen molar-refractivity contribution in [3.8, 4) is 6.07 Å². The Balaban J connectivity index is 1.98. The summed E-state index contributed by atoms with van der Waals surface area (Å²) in [4.78, 5) is 14.2. The normalized spacial score (nSPS) is 29.9. The lowest BCUT2D eigenvalue weighted by molar-refractivity contribution is -0.146. The summed E-state index contributed by atoms with van der Waals surface area (Å²) in [5, 5.41) is 8.97. The predicted octanol–water partition coefficient (Wildman–Crippen LogP) is 3.79. The van der Waals surface area contributed by atoms with Crippen LogP contribution < -0.4 is 0 Å². The molecule has 0 N–H and O–H groups in total. The molecule has 2 unspecified atom stereocenters. The maximum absolute atomic E-state index is 13.7. The van der Waals surface area contributed by atoms with Crippen molar-refractivity contribution in [3.05, 3.63) is 35.1 Å². The van der Waals surface area contributed by atoms with Crippen LogP contribution in [-0.2, 0) is 4.79 Å². The van der Waals surface area contributed by atoms with Gasteiger partial charge in [-0.05, 0) is 49.4 Å². The van der Waals surface area contributed by atoms with Crippen LogP contribution in [0.15, 0.2) is 18.2 Å². The van der Waals surface area contributed by atoms with Crippen LogP contribution in [-0.4, -0.2) is 23.3 Å². The molecule has 0 saturated carbocycles. The average Bonchev–Trinajstić information content (AvgIpc) is 3.05. The molecule has 1 aromatic carbocycles. The van der Waals surface area contributed by atoms with E-state index in [2.05, 4.69) is 0 Å². The number of hydrogen-bond acceptors (Lipinski definition) is 2. The van der Waals surface area contributed by atoms with Gasteiger partial charge in [0.05, 0.1) is 17.7 Å². The third kappa shape index (κ3) is 2.30. The molecule has 2 aliphatic heterocycles. The van der Waals surface area contributed by atoms with E-state index < -0.39 is 29.6 Å². The minimum atomic E-state index is -2.70. The number of carbonyl (C=O) groups excluding carboxylic acids is 1. The van der Waals surface area contributed by atoms with E-state index in [0.29, 0.717) is 18.4 Å². The third-order valence-electron chi connectivity index (χ3n) is 5.25. The van der Waals surface area contributed by atoms with Crippen molar-refractivity contribution in [3.63, 3.8) is 0 Å². The van der Waals surface area contributed by atoms with E-state index in [1.165, 1.54) is 17.0 Å². The van der Waals surface area contributed by atoms with E-state index in [0.717, 1.165) is 6.07 Å². The Kier molecular flexibility index (Phi) is 3.83. The van der Waals surface area contributed by atoms with Gasteiger partial charge < -0.3 is 4.90 Å². The number of carbonyl (C=O) groups is 1. The second-order valence-corrected chi connectivity index (χ2v) is 6.36. The zero-order chi connectivity index (χ0) is 16.8. The fraction of sp³-hybridized carbons (Fsp3) is 0.529. The molecule has 2 fully saturated rings. The first-order chi connectivity index (χ1) is 10.9. The zero-order valence-corrected chi connectivity index (χ0v) is 12.7. The maximum Gasteiger partial charge on any atom is 0.252 e. The zero-order valence-electron chi connectivity index (χ0n) is 12.7. The first kappa shape index (κ1) is 15.9. The molecule has 6 heteroatoms. The van der Waals surface area contributed by atoms with Crippen LogP contribution in [0.3, 0.4) is 0 Å². The first-order valence-corrected chi connectivity index (χ1v) is 7.74. The Morgan fingerprint density at radius 2 is 2.13 bits per heavy atom. The number of benzene rings is 1. The van der Waals surface area contributed by atoms with Crippen molar-refractivity contribution in [2.75, 3.05) is 0 Å². The second-order valence-electron chi connectivity index (χ2n) is 6.36. The number of amides is 1. The number of halogens is 3. The first-order valence-electron chi connectivity index (χ1n) is 7.74. The van der Waals surface area contributed by atoms with Crippen LogP contribution in [0.1, 0.15) is 49.8 Å². The standard InChI is InChI=1S/C17H17F3N2O/c1-2-17(15(19)20)8-13-3-4-14(22(13)16(17)23)11-5-10(9-21)6-12(18)7-11/h5-7,13-15H,2-4,8H2,1H3/t13-,14?,17?/m1/s1. The molecule has 0 aliphatic carbocycles. The monoisotopic (exact) mass is 322 g/mol. The lowest BCUT2D eigenvalue weighted by atomic mass is 9.81. The molecule has 0 aromatic heterocycles. The van der Waals surface area contributed by atoms with Gasteiger partial charge in [-0.3, -0.25) is 4.79 Å². The van der Waals surface area contributed by atoms with E-state index in [-0.39, 0.29) is 24.4 Å². The van der Waals surface area contributed by atoms with Gasteiger partial charge in [0.1, 0.15) is 11.2 Å². The Morgan fingerprint density at radius 1 is 1.39 bits per heavy atom. The molecule has 2 saturated heterocycles. The molecule has 23 heavy (non-hydrogen) atoms. The summed E-state index contributed by atoms with van der Waals surface area (Å²) in [6.45, 7) is 1.61. The van der Waals surface area contributed by atoms with E-state index in [1.807, 2.05) is 6.07 Å². The van der Waals surface area contributed by atoms with Crippen LogP contribution in [0.4, 0.5) is 13.2 Å². The van der Waals surface area contributed by atoms with Gasteiger partial charge in [-0.2, -0.15) is 5.26 Å². The van der Waals surface area contributed by atoms with E-state index in [1.54, 1.807) is 6.92 Å². The summed E-state index contributed by atoms with van der Waals surface area (Å²) >= 11 is 0. The van der Waals surface area contributed by atoms with Crippen molar-refractivity contribution >= 4 is 5.91 Å². The molecule has 3 rings (SSSR count). The van der Waals surface area contributed by atoms with Gasteiger partial charge in [0.2, 0.25) is 5.91 Å². The highest BCUT2D eigenvalue weighted by atomic mass is 19.3. The summed E-state index contributed by atoms with van der Waals surface area (Å²) in [6, 6.07) is 5.18. The largest absolute Gasteiger partial charge is 0.332 e. The summed E-state index contributed by atoms with van der Waals surface area (Å²) in [6.07, 6.45) is -1.22. The molecule has 0 bridgehead atoms. The van der Waals surface area contributed by atoms with Crippen LogP contribution in [0.2, 0.25) is 0 Å². The number of hydrogen-bond donors (Lipinski definition) is 0.